The van der Waals surface area contributed by atoms with Crippen LogP contribution in [0, 0.1) is 12.8 Å². The van der Waals surface area contributed by atoms with Crippen LogP contribution in [0.25, 0.3) is 0 Å². The van der Waals surface area contributed by atoms with Crippen LogP contribution < -0.4 is 10.1 Å². The minimum absolute atomic E-state index is 0.575. The van der Waals surface area contributed by atoms with E-state index in [1.54, 1.807) is 7.11 Å². The molecule has 1 fully saturated rings. The Morgan fingerprint density at radius 3 is 2.71 bits per heavy atom. The van der Waals surface area contributed by atoms with Crippen LogP contribution in [0.1, 0.15) is 56.6 Å². The van der Waals surface area contributed by atoms with Crippen LogP contribution >= 0.6 is 0 Å². The lowest BCUT2D eigenvalue weighted by atomic mass is 9.94. The number of hydrogen-bond donors (Lipinski definition) is 1. The van der Waals surface area contributed by atoms with Gasteiger partial charge in [0.15, 0.2) is 0 Å². The molecule has 0 amide bonds. The second-order valence-corrected chi connectivity index (χ2v) is 6.50. The summed E-state index contributed by atoms with van der Waals surface area (Å²) in [7, 11) is 1.77. The second kappa shape index (κ2) is 8.43. The van der Waals surface area contributed by atoms with Gasteiger partial charge in [-0.1, -0.05) is 50.3 Å². The number of hydrogen-bond acceptors (Lipinski definition) is 2. The van der Waals surface area contributed by atoms with E-state index >= 15 is 0 Å². The molecule has 0 spiro atoms. The summed E-state index contributed by atoms with van der Waals surface area (Å²) in [6, 6.07) is 7.08. The summed E-state index contributed by atoms with van der Waals surface area (Å²) in [5.74, 6) is 2.01. The van der Waals surface area contributed by atoms with Crippen molar-refractivity contribution in [2.75, 3.05) is 13.7 Å². The molecule has 1 aromatic rings. The van der Waals surface area contributed by atoms with Gasteiger partial charge in [0.25, 0.3) is 0 Å². The third kappa shape index (κ3) is 5.03. The van der Waals surface area contributed by atoms with Gasteiger partial charge in [-0.3, -0.25) is 0 Å². The molecule has 2 rings (SSSR count). The lowest BCUT2D eigenvalue weighted by Gasteiger charge is -2.21. The fraction of sp³-hybridized carbons (Fsp3) is 0.684. The van der Waals surface area contributed by atoms with E-state index in [9.17, 15) is 0 Å². The van der Waals surface area contributed by atoms with Crippen molar-refractivity contribution >= 4 is 0 Å². The van der Waals surface area contributed by atoms with Crippen LogP contribution in [0.4, 0.5) is 0 Å². The Morgan fingerprint density at radius 2 is 2.05 bits per heavy atom. The first-order valence-electron chi connectivity index (χ1n) is 8.59. The van der Waals surface area contributed by atoms with Gasteiger partial charge in [-0.05, 0) is 50.3 Å². The molecule has 1 aromatic carbocycles. The summed E-state index contributed by atoms with van der Waals surface area (Å²) >= 11 is 0. The minimum atomic E-state index is 0.575. The Hall–Kier alpha value is -1.02. The summed E-state index contributed by atoms with van der Waals surface area (Å²) < 4.78 is 5.53. The second-order valence-electron chi connectivity index (χ2n) is 6.50. The molecule has 1 aliphatic carbocycles. The summed E-state index contributed by atoms with van der Waals surface area (Å²) in [5, 5.41) is 3.67. The average molecular weight is 289 g/mol. The van der Waals surface area contributed by atoms with Crippen molar-refractivity contribution < 1.29 is 4.74 Å². The number of ether oxygens (including phenoxy) is 1. The van der Waals surface area contributed by atoms with Gasteiger partial charge in [-0.2, -0.15) is 0 Å². The fourth-order valence-electron chi connectivity index (χ4n) is 3.63. The Labute approximate surface area is 130 Å². The summed E-state index contributed by atoms with van der Waals surface area (Å²) in [5.41, 5.74) is 2.66. The van der Waals surface area contributed by atoms with Crippen LogP contribution in [-0.4, -0.2) is 19.7 Å². The maximum atomic E-state index is 5.53. The van der Waals surface area contributed by atoms with Gasteiger partial charge < -0.3 is 10.1 Å². The van der Waals surface area contributed by atoms with E-state index < -0.39 is 0 Å². The summed E-state index contributed by atoms with van der Waals surface area (Å²) in [6.07, 6.45) is 9.54. The molecule has 0 radical (unpaired) electrons. The summed E-state index contributed by atoms with van der Waals surface area (Å²) in [4.78, 5) is 0. The lowest BCUT2D eigenvalue weighted by Crippen LogP contribution is -2.31. The third-order valence-electron chi connectivity index (χ3n) is 4.79. The number of likely N-dealkylation sites (N-methyl/N-ethyl adjacent to an activating group) is 1. The van der Waals surface area contributed by atoms with Gasteiger partial charge >= 0.3 is 0 Å². The molecule has 2 heteroatoms. The van der Waals surface area contributed by atoms with E-state index in [2.05, 4.69) is 37.4 Å². The molecule has 1 N–H and O–H groups in total. The van der Waals surface area contributed by atoms with Crippen molar-refractivity contribution in [1.82, 2.24) is 5.32 Å². The predicted molar refractivity (Wildman–Crippen MR) is 90.1 cm³/mol. The molecule has 1 saturated carbocycles. The maximum absolute atomic E-state index is 5.53. The van der Waals surface area contributed by atoms with E-state index in [4.69, 9.17) is 4.74 Å². The SMILES string of the molecule is CCNC(CCC1CCCC1)Cc1cc(C)ccc1OC. The van der Waals surface area contributed by atoms with Gasteiger partial charge in [0.05, 0.1) is 7.11 Å². The molecule has 0 aromatic heterocycles. The van der Waals surface area contributed by atoms with Gasteiger partial charge in [-0.25, -0.2) is 0 Å². The van der Waals surface area contributed by atoms with Crippen molar-refractivity contribution in [3.63, 3.8) is 0 Å². The zero-order valence-corrected chi connectivity index (χ0v) is 14.0. The molecule has 1 aliphatic rings. The molecule has 118 valence electrons. The average Bonchev–Trinajstić information content (AvgIpc) is 2.98. The number of aryl methyl sites for hydroxylation is 1. The minimum Gasteiger partial charge on any atom is -0.496 e. The van der Waals surface area contributed by atoms with Crippen molar-refractivity contribution in [3.05, 3.63) is 29.3 Å². The van der Waals surface area contributed by atoms with Gasteiger partial charge in [0, 0.05) is 6.04 Å². The number of methoxy groups -OCH3 is 1. The highest BCUT2D eigenvalue weighted by Gasteiger charge is 2.18. The molecular weight excluding hydrogens is 258 g/mol. The predicted octanol–water partition coefficient (Wildman–Crippen LogP) is 4.49. The zero-order chi connectivity index (χ0) is 15.1. The van der Waals surface area contributed by atoms with Crippen molar-refractivity contribution in [1.29, 1.82) is 0 Å². The number of rotatable bonds is 8. The van der Waals surface area contributed by atoms with Crippen LogP contribution in [0.3, 0.4) is 0 Å². The van der Waals surface area contributed by atoms with Crippen molar-refractivity contribution in [3.8, 4) is 5.75 Å². The van der Waals surface area contributed by atoms with E-state index in [1.165, 1.54) is 49.7 Å². The fourth-order valence-corrected chi connectivity index (χ4v) is 3.63. The first-order valence-corrected chi connectivity index (χ1v) is 8.59. The van der Waals surface area contributed by atoms with E-state index in [0.29, 0.717) is 6.04 Å². The monoisotopic (exact) mass is 289 g/mol. The number of nitrogens with one attached hydrogen (secondary N) is 1. The van der Waals surface area contributed by atoms with Crippen LogP contribution in [-0.2, 0) is 6.42 Å². The quantitative estimate of drug-likeness (QED) is 0.761. The normalized spacial score (nSPS) is 17.1. The molecule has 1 atom stereocenters. The molecule has 2 nitrogen and oxygen atoms in total. The Bertz CT molecular complexity index is 424. The molecule has 21 heavy (non-hydrogen) atoms. The molecule has 1 unspecified atom stereocenters. The highest BCUT2D eigenvalue weighted by Crippen LogP contribution is 2.30. The highest BCUT2D eigenvalue weighted by atomic mass is 16.5. The van der Waals surface area contributed by atoms with Gasteiger partial charge in [0.1, 0.15) is 5.75 Å². The molecule has 0 aliphatic heterocycles. The first kappa shape index (κ1) is 16.4. The number of benzene rings is 1. The van der Waals surface area contributed by atoms with E-state index in [0.717, 1.165) is 24.6 Å². The van der Waals surface area contributed by atoms with Crippen LogP contribution in [0.15, 0.2) is 18.2 Å². The molecule has 0 heterocycles. The summed E-state index contributed by atoms with van der Waals surface area (Å²) in [6.45, 7) is 5.41. The smallest absolute Gasteiger partial charge is 0.122 e. The Morgan fingerprint density at radius 1 is 1.29 bits per heavy atom. The van der Waals surface area contributed by atoms with Crippen LogP contribution in [0.5, 0.6) is 5.75 Å². The molecule has 0 saturated heterocycles. The maximum Gasteiger partial charge on any atom is 0.122 e. The van der Waals surface area contributed by atoms with Gasteiger partial charge in [0.2, 0.25) is 0 Å². The Kier molecular flexibility index (Phi) is 6.56. The molecular formula is C19H31NO. The van der Waals surface area contributed by atoms with Crippen molar-refractivity contribution in [2.24, 2.45) is 5.92 Å². The van der Waals surface area contributed by atoms with Crippen LogP contribution in [0.2, 0.25) is 0 Å². The lowest BCUT2D eigenvalue weighted by molar-refractivity contribution is 0.389. The Balaban J connectivity index is 1.96. The topological polar surface area (TPSA) is 21.3 Å². The largest absolute Gasteiger partial charge is 0.496 e. The third-order valence-corrected chi connectivity index (χ3v) is 4.79. The zero-order valence-electron chi connectivity index (χ0n) is 14.0. The van der Waals surface area contributed by atoms with Crippen molar-refractivity contribution in [2.45, 2.75) is 64.8 Å². The highest BCUT2D eigenvalue weighted by molar-refractivity contribution is 5.37. The van der Waals surface area contributed by atoms with E-state index in [-0.39, 0.29) is 0 Å². The molecule has 0 bridgehead atoms. The first-order chi connectivity index (χ1) is 10.2. The van der Waals surface area contributed by atoms with Gasteiger partial charge in [-0.15, -0.1) is 0 Å². The standard InChI is InChI=1S/C19H31NO/c1-4-20-18(11-10-16-7-5-6-8-16)14-17-13-15(2)9-12-19(17)21-3/h9,12-13,16,18,20H,4-8,10-11,14H2,1-3H3. The van der Waals surface area contributed by atoms with E-state index in [1.807, 2.05) is 0 Å².